The Labute approximate surface area is 110 Å². The molecule has 0 spiro atoms. The number of amides is 1. The van der Waals surface area contributed by atoms with Gasteiger partial charge in [0.2, 0.25) is 5.91 Å². The van der Waals surface area contributed by atoms with Gasteiger partial charge in [-0.25, -0.2) is 0 Å². The number of hydrogen-bond donors (Lipinski definition) is 1. The van der Waals surface area contributed by atoms with E-state index in [4.69, 9.17) is 4.74 Å². The molecule has 2 rings (SSSR count). The minimum atomic E-state index is 0.119. The lowest BCUT2D eigenvalue weighted by Crippen LogP contribution is -2.48. The number of nitrogens with zero attached hydrogens (tertiary/aromatic N) is 1. The molecule has 2 fully saturated rings. The predicted octanol–water partition coefficient (Wildman–Crippen LogP) is 1.40. The lowest BCUT2D eigenvalue weighted by Gasteiger charge is -2.38. The molecule has 4 nitrogen and oxygen atoms in total. The minimum absolute atomic E-state index is 0.119. The van der Waals surface area contributed by atoms with E-state index in [0.29, 0.717) is 18.6 Å². The third-order valence-corrected chi connectivity index (χ3v) is 4.15. The Balaban J connectivity index is 1.91. The van der Waals surface area contributed by atoms with Gasteiger partial charge in [0.1, 0.15) is 0 Å². The first-order chi connectivity index (χ1) is 8.83. The van der Waals surface area contributed by atoms with E-state index >= 15 is 0 Å². The topological polar surface area (TPSA) is 41.6 Å². The van der Waals surface area contributed by atoms with E-state index in [2.05, 4.69) is 10.2 Å². The van der Waals surface area contributed by atoms with Crippen LogP contribution in [-0.2, 0) is 9.53 Å². The van der Waals surface area contributed by atoms with Gasteiger partial charge in [0.25, 0.3) is 0 Å². The van der Waals surface area contributed by atoms with Crippen LogP contribution in [0.1, 0.15) is 38.5 Å². The third-order valence-electron chi connectivity index (χ3n) is 4.15. The molecule has 0 saturated carbocycles. The first kappa shape index (κ1) is 13.8. The minimum Gasteiger partial charge on any atom is -0.381 e. The molecule has 104 valence electrons. The summed E-state index contributed by atoms with van der Waals surface area (Å²) in [6.07, 6.45) is 6.71. The van der Waals surface area contributed by atoms with Gasteiger partial charge in [-0.3, -0.25) is 4.79 Å². The van der Waals surface area contributed by atoms with Crippen molar-refractivity contribution in [3.8, 4) is 0 Å². The number of likely N-dealkylation sites (tertiary alicyclic amines) is 1. The van der Waals surface area contributed by atoms with Gasteiger partial charge in [-0.1, -0.05) is 0 Å². The van der Waals surface area contributed by atoms with E-state index in [-0.39, 0.29) is 5.92 Å². The van der Waals surface area contributed by atoms with Crippen LogP contribution in [-0.4, -0.2) is 50.2 Å². The molecular formula is C14H26N2O2. The number of nitrogens with one attached hydrogen (secondary N) is 1. The summed E-state index contributed by atoms with van der Waals surface area (Å²) in [5.41, 5.74) is 0. The second-order valence-electron chi connectivity index (χ2n) is 5.49. The van der Waals surface area contributed by atoms with Crippen LogP contribution in [0.2, 0.25) is 0 Å². The summed E-state index contributed by atoms with van der Waals surface area (Å²) in [7, 11) is 1.98. The summed E-state index contributed by atoms with van der Waals surface area (Å²) in [6, 6.07) is 0.445. The van der Waals surface area contributed by atoms with E-state index in [0.717, 1.165) is 45.4 Å². The van der Waals surface area contributed by atoms with Crippen LogP contribution in [0, 0.1) is 5.92 Å². The van der Waals surface area contributed by atoms with Crippen LogP contribution in [0.5, 0.6) is 0 Å². The molecule has 2 unspecified atom stereocenters. The maximum absolute atomic E-state index is 12.6. The van der Waals surface area contributed by atoms with Crippen molar-refractivity contribution in [3.05, 3.63) is 0 Å². The SMILES string of the molecule is CNCCC1CCCCN1C(=O)C1CCCOC1. The van der Waals surface area contributed by atoms with Gasteiger partial charge >= 0.3 is 0 Å². The molecule has 0 aromatic heterocycles. The second-order valence-corrected chi connectivity index (χ2v) is 5.49. The van der Waals surface area contributed by atoms with Crippen LogP contribution in [0.25, 0.3) is 0 Å². The molecule has 0 aromatic carbocycles. The summed E-state index contributed by atoms with van der Waals surface area (Å²) in [5.74, 6) is 0.462. The zero-order valence-corrected chi connectivity index (χ0v) is 11.5. The number of carbonyl (C=O) groups excluding carboxylic acids is 1. The average molecular weight is 254 g/mol. The van der Waals surface area contributed by atoms with Gasteiger partial charge in [0, 0.05) is 19.2 Å². The molecule has 0 aliphatic carbocycles. The van der Waals surface area contributed by atoms with Gasteiger partial charge in [0.15, 0.2) is 0 Å². The van der Waals surface area contributed by atoms with Crippen molar-refractivity contribution in [1.29, 1.82) is 0 Å². The van der Waals surface area contributed by atoms with Gasteiger partial charge in [0.05, 0.1) is 12.5 Å². The van der Waals surface area contributed by atoms with Crippen molar-refractivity contribution >= 4 is 5.91 Å². The number of hydrogen-bond acceptors (Lipinski definition) is 3. The van der Waals surface area contributed by atoms with E-state index in [1.54, 1.807) is 0 Å². The summed E-state index contributed by atoms with van der Waals surface area (Å²) >= 11 is 0. The highest BCUT2D eigenvalue weighted by Crippen LogP contribution is 2.24. The van der Waals surface area contributed by atoms with Crippen LogP contribution < -0.4 is 5.32 Å². The fourth-order valence-electron chi connectivity index (χ4n) is 3.07. The molecule has 2 atom stereocenters. The second kappa shape index (κ2) is 7.10. The standard InChI is InChI=1S/C14H26N2O2/c1-15-8-7-13-6-2-3-9-16(13)14(17)12-5-4-10-18-11-12/h12-13,15H,2-11H2,1H3. The molecule has 2 aliphatic rings. The van der Waals surface area contributed by atoms with Gasteiger partial charge in [-0.05, 0) is 52.1 Å². The molecule has 2 aliphatic heterocycles. The number of piperidine rings is 1. The maximum atomic E-state index is 12.6. The highest BCUT2D eigenvalue weighted by atomic mass is 16.5. The molecule has 4 heteroatoms. The predicted molar refractivity (Wildman–Crippen MR) is 71.4 cm³/mol. The quantitative estimate of drug-likeness (QED) is 0.824. The first-order valence-electron chi connectivity index (χ1n) is 7.35. The Morgan fingerprint density at radius 3 is 2.94 bits per heavy atom. The maximum Gasteiger partial charge on any atom is 0.228 e. The summed E-state index contributed by atoms with van der Waals surface area (Å²) in [6.45, 7) is 3.40. The largest absolute Gasteiger partial charge is 0.381 e. The normalized spacial score (nSPS) is 29.3. The molecule has 2 saturated heterocycles. The average Bonchev–Trinajstić information content (AvgIpc) is 2.45. The Hall–Kier alpha value is -0.610. The van der Waals surface area contributed by atoms with Crippen molar-refractivity contribution < 1.29 is 9.53 Å². The van der Waals surface area contributed by atoms with Crippen LogP contribution in [0.3, 0.4) is 0 Å². The number of carbonyl (C=O) groups is 1. The Bertz CT molecular complexity index is 265. The molecule has 18 heavy (non-hydrogen) atoms. The molecule has 0 radical (unpaired) electrons. The molecular weight excluding hydrogens is 228 g/mol. The number of ether oxygens (including phenoxy) is 1. The van der Waals surface area contributed by atoms with Crippen molar-refractivity contribution in [1.82, 2.24) is 10.2 Å². The summed E-state index contributed by atoms with van der Waals surface area (Å²) in [4.78, 5) is 14.7. The Morgan fingerprint density at radius 1 is 1.33 bits per heavy atom. The summed E-state index contributed by atoms with van der Waals surface area (Å²) < 4.78 is 5.45. The fourth-order valence-corrected chi connectivity index (χ4v) is 3.07. The van der Waals surface area contributed by atoms with Crippen LogP contribution in [0.15, 0.2) is 0 Å². The fraction of sp³-hybridized carbons (Fsp3) is 0.929. The monoisotopic (exact) mass is 254 g/mol. The van der Waals surface area contributed by atoms with Gasteiger partial charge < -0.3 is 15.0 Å². The lowest BCUT2D eigenvalue weighted by atomic mass is 9.94. The Kier molecular flexibility index (Phi) is 5.45. The van der Waals surface area contributed by atoms with Crippen LogP contribution in [0.4, 0.5) is 0 Å². The van der Waals surface area contributed by atoms with Crippen molar-refractivity contribution in [2.75, 3.05) is 33.4 Å². The van der Waals surface area contributed by atoms with Crippen molar-refractivity contribution in [2.45, 2.75) is 44.6 Å². The van der Waals surface area contributed by atoms with Gasteiger partial charge in [-0.2, -0.15) is 0 Å². The first-order valence-corrected chi connectivity index (χ1v) is 7.35. The highest BCUT2D eigenvalue weighted by molar-refractivity contribution is 5.79. The smallest absolute Gasteiger partial charge is 0.228 e. The van der Waals surface area contributed by atoms with E-state index in [1.165, 1.54) is 12.8 Å². The van der Waals surface area contributed by atoms with Crippen molar-refractivity contribution in [3.63, 3.8) is 0 Å². The zero-order chi connectivity index (χ0) is 12.8. The van der Waals surface area contributed by atoms with E-state index in [1.807, 2.05) is 7.05 Å². The Morgan fingerprint density at radius 2 is 2.22 bits per heavy atom. The van der Waals surface area contributed by atoms with Gasteiger partial charge in [-0.15, -0.1) is 0 Å². The van der Waals surface area contributed by atoms with E-state index in [9.17, 15) is 4.79 Å². The summed E-state index contributed by atoms with van der Waals surface area (Å²) in [5, 5.41) is 3.19. The molecule has 0 bridgehead atoms. The van der Waals surface area contributed by atoms with E-state index < -0.39 is 0 Å². The van der Waals surface area contributed by atoms with Crippen molar-refractivity contribution in [2.24, 2.45) is 5.92 Å². The molecule has 0 aromatic rings. The molecule has 1 amide bonds. The van der Waals surface area contributed by atoms with Crippen LogP contribution >= 0.6 is 0 Å². The highest BCUT2D eigenvalue weighted by Gasteiger charge is 2.32. The number of rotatable bonds is 4. The lowest BCUT2D eigenvalue weighted by molar-refractivity contribution is -0.143. The zero-order valence-electron chi connectivity index (χ0n) is 11.5. The molecule has 1 N–H and O–H groups in total. The third kappa shape index (κ3) is 3.45. The molecule has 2 heterocycles.